The fraction of sp³-hybridized carbons (Fsp3) is 0.200. The van der Waals surface area contributed by atoms with E-state index in [0.717, 1.165) is 26.5 Å². The number of para-hydroxylation sites is 1. The summed E-state index contributed by atoms with van der Waals surface area (Å²) in [5, 5.41) is 15.6. The molecule has 22 heavy (non-hydrogen) atoms. The van der Waals surface area contributed by atoms with Crippen LogP contribution in [0, 0.1) is 0 Å². The van der Waals surface area contributed by atoms with Gasteiger partial charge in [0.15, 0.2) is 0 Å². The molecule has 0 saturated heterocycles. The van der Waals surface area contributed by atoms with Gasteiger partial charge in [-0.25, -0.2) is 4.98 Å². The van der Waals surface area contributed by atoms with Crippen LogP contribution >= 0.6 is 22.9 Å². The molecule has 7 heteroatoms. The fourth-order valence-corrected chi connectivity index (χ4v) is 3.51. The summed E-state index contributed by atoms with van der Waals surface area (Å²) in [4.78, 5) is 15.4. The van der Waals surface area contributed by atoms with Gasteiger partial charge in [0.2, 0.25) is 0 Å². The smallest absolute Gasteiger partial charge is 0.303 e. The van der Waals surface area contributed by atoms with Gasteiger partial charge in [-0.3, -0.25) is 4.79 Å². The van der Waals surface area contributed by atoms with Crippen molar-refractivity contribution in [3.05, 3.63) is 40.3 Å². The summed E-state index contributed by atoms with van der Waals surface area (Å²) in [7, 11) is 0. The summed E-state index contributed by atoms with van der Waals surface area (Å²) in [6, 6.07) is 7.97. The Kier molecular flexibility index (Phi) is 4.55. The molecule has 0 amide bonds. The van der Waals surface area contributed by atoms with Crippen molar-refractivity contribution in [3.8, 4) is 0 Å². The molecule has 1 aromatic carbocycles. The van der Waals surface area contributed by atoms with Gasteiger partial charge in [-0.2, -0.15) is 0 Å². The van der Waals surface area contributed by atoms with Crippen molar-refractivity contribution >= 4 is 50.7 Å². The van der Waals surface area contributed by atoms with Crippen molar-refractivity contribution in [1.29, 1.82) is 0 Å². The fourth-order valence-electron chi connectivity index (χ4n) is 2.09. The zero-order chi connectivity index (χ0) is 15.4. The number of carboxylic acids is 1. The molecule has 2 aromatic heterocycles. The van der Waals surface area contributed by atoms with Gasteiger partial charge in [-0.15, -0.1) is 16.4 Å². The van der Waals surface area contributed by atoms with E-state index >= 15 is 0 Å². The van der Waals surface area contributed by atoms with Crippen LogP contribution in [0.25, 0.3) is 21.9 Å². The molecule has 3 aromatic rings. The molecule has 3 rings (SSSR count). The van der Waals surface area contributed by atoms with Crippen molar-refractivity contribution in [2.75, 3.05) is 0 Å². The van der Waals surface area contributed by atoms with Gasteiger partial charge < -0.3 is 5.11 Å². The van der Waals surface area contributed by atoms with Crippen LogP contribution in [-0.4, -0.2) is 25.6 Å². The first kappa shape index (κ1) is 14.8. The van der Waals surface area contributed by atoms with Crippen LogP contribution in [0.4, 0.5) is 0 Å². The number of benzene rings is 1. The SMILES string of the molecule is O=C(O)CCCC(=Cc1csnn1)c1nc2ccccc2s1. The second-order valence-electron chi connectivity index (χ2n) is 4.73. The largest absolute Gasteiger partial charge is 0.481 e. The third-order valence-electron chi connectivity index (χ3n) is 3.10. The summed E-state index contributed by atoms with van der Waals surface area (Å²) in [5.41, 5.74) is 2.76. The highest BCUT2D eigenvalue weighted by molar-refractivity contribution is 7.19. The van der Waals surface area contributed by atoms with Gasteiger partial charge in [0.1, 0.15) is 5.01 Å². The molecule has 5 nitrogen and oxygen atoms in total. The van der Waals surface area contributed by atoms with E-state index in [9.17, 15) is 4.79 Å². The topological polar surface area (TPSA) is 76.0 Å². The van der Waals surface area contributed by atoms with Crippen molar-refractivity contribution in [3.63, 3.8) is 0 Å². The molecule has 2 heterocycles. The number of carbonyl (C=O) groups is 1. The number of nitrogens with zero attached hydrogens (tertiary/aromatic N) is 3. The summed E-state index contributed by atoms with van der Waals surface area (Å²) in [5.74, 6) is -0.779. The molecule has 0 bridgehead atoms. The predicted octanol–water partition coefficient (Wildman–Crippen LogP) is 3.94. The Hall–Kier alpha value is -2.12. The van der Waals surface area contributed by atoms with E-state index in [1.807, 2.05) is 35.7 Å². The maximum atomic E-state index is 10.7. The summed E-state index contributed by atoms with van der Waals surface area (Å²) in [6.45, 7) is 0. The molecule has 112 valence electrons. The lowest BCUT2D eigenvalue weighted by Crippen LogP contribution is -1.94. The standard InChI is InChI=1S/C15H13N3O2S2/c19-14(20)7-3-4-10(8-11-9-21-18-17-11)15-16-12-5-1-2-6-13(12)22-15/h1-2,5-6,8-9H,3-4,7H2,(H,19,20). The second-order valence-corrected chi connectivity index (χ2v) is 6.37. The molecular formula is C15H13N3O2S2. The maximum absolute atomic E-state index is 10.7. The minimum absolute atomic E-state index is 0.150. The van der Waals surface area contributed by atoms with Gasteiger partial charge in [0, 0.05) is 11.8 Å². The van der Waals surface area contributed by atoms with E-state index in [4.69, 9.17) is 5.11 Å². The first-order valence-electron chi connectivity index (χ1n) is 6.78. The monoisotopic (exact) mass is 331 g/mol. The normalized spacial score (nSPS) is 11.9. The van der Waals surface area contributed by atoms with Crippen LogP contribution in [0.2, 0.25) is 0 Å². The number of carboxylic acid groups (broad SMARTS) is 1. The Bertz CT molecular complexity index is 776. The van der Waals surface area contributed by atoms with E-state index in [-0.39, 0.29) is 6.42 Å². The van der Waals surface area contributed by atoms with Crippen molar-refractivity contribution in [2.24, 2.45) is 0 Å². The molecule has 0 aliphatic heterocycles. The van der Waals surface area contributed by atoms with E-state index in [0.29, 0.717) is 12.8 Å². The Labute approximate surface area is 135 Å². The summed E-state index contributed by atoms with van der Waals surface area (Å²) in [6.07, 6.45) is 3.33. The van der Waals surface area contributed by atoms with Gasteiger partial charge in [-0.05, 0) is 48.2 Å². The average molecular weight is 331 g/mol. The molecule has 0 aliphatic carbocycles. The highest BCUT2D eigenvalue weighted by atomic mass is 32.1. The quantitative estimate of drug-likeness (QED) is 0.740. The minimum Gasteiger partial charge on any atom is -0.481 e. The molecule has 0 spiro atoms. The molecule has 0 radical (unpaired) electrons. The van der Waals surface area contributed by atoms with E-state index in [1.165, 1.54) is 11.5 Å². The summed E-state index contributed by atoms with van der Waals surface area (Å²) >= 11 is 2.91. The van der Waals surface area contributed by atoms with Crippen LogP contribution < -0.4 is 0 Å². The number of aromatic nitrogens is 3. The lowest BCUT2D eigenvalue weighted by Gasteiger charge is -2.02. The number of fused-ring (bicyclic) bond motifs is 1. The molecule has 0 fully saturated rings. The lowest BCUT2D eigenvalue weighted by molar-refractivity contribution is -0.137. The first-order valence-corrected chi connectivity index (χ1v) is 8.43. The highest BCUT2D eigenvalue weighted by Crippen LogP contribution is 2.31. The Morgan fingerprint density at radius 3 is 2.86 bits per heavy atom. The predicted molar refractivity (Wildman–Crippen MR) is 88.9 cm³/mol. The molecule has 0 atom stereocenters. The number of aliphatic carboxylic acids is 1. The third kappa shape index (κ3) is 3.55. The van der Waals surface area contributed by atoms with E-state index < -0.39 is 5.97 Å². The van der Waals surface area contributed by atoms with Gasteiger partial charge in [0.25, 0.3) is 0 Å². The van der Waals surface area contributed by atoms with Crippen LogP contribution in [0.15, 0.2) is 29.6 Å². The first-order chi connectivity index (χ1) is 10.7. The number of thiazole rings is 1. The van der Waals surface area contributed by atoms with Crippen molar-refractivity contribution in [2.45, 2.75) is 19.3 Å². The molecule has 0 unspecified atom stereocenters. The van der Waals surface area contributed by atoms with Crippen LogP contribution in [0.3, 0.4) is 0 Å². The Morgan fingerprint density at radius 2 is 2.14 bits per heavy atom. The number of rotatable bonds is 6. The van der Waals surface area contributed by atoms with Crippen molar-refractivity contribution < 1.29 is 9.90 Å². The molecule has 1 N–H and O–H groups in total. The van der Waals surface area contributed by atoms with Crippen LogP contribution in [0.5, 0.6) is 0 Å². The molecule has 0 saturated carbocycles. The number of allylic oxidation sites excluding steroid dienone is 1. The molecule has 0 aliphatic rings. The third-order valence-corrected chi connectivity index (χ3v) is 4.74. The van der Waals surface area contributed by atoms with Gasteiger partial charge >= 0.3 is 5.97 Å². The Balaban J connectivity index is 1.91. The molecular weight excluding hydrogens is 318 g/mol. The minimum atomic E-state index is -0.779. The zero-order valence-electron chi connectivity index (χ0n) is 11.6. The van der Waals surface area contributed by atoms with Gasteiger partial charge in [0.05, 0.1) is 15.9 Å². The zero-order valence-corrected chi connectivity index (χ0v) is 13.2. The van der Waals surface area contributed by atoms with Crippen molar-refractivity contribution in [1.82, 2.24) is 14.6 Å². The second kappa shape index (κ2) is 6.76. The number of hydrogen-bond acceptors (Lipinski definition) is 6. The maximum Gasteiger partial charge on any atom is 0.303 e. The Morgan fingerprint density at radius 1 is 1.27 bits per heavy atom. The van der Waals surface area contributed by atoms with E-state index in [2.05, 4.69) is 14.6 Å². The van der Waals surface area contributed by atoms with E-state index in [1.54, 1.807) is 11.3 Å². The lowest BCUT2D eigenvalue weighted by atomic mass is 10.1. The van der Waals surface area contributed by atoms with Crippen LogP contribution in [-0.2, 0) is 4.79 Å². The number of hydrogen-bond donors (Lipinski definition) is 1. The van der Waals surface area contributed by atoms with Gasteiger partial charge in [-0.1, -0.05) is 16.6 Å². The van der Waals surface area contributed by atoms with Crippen LogP contribution in [0.1, 0.15) is 30.0 Å². The highest BCUT2D eigenvalue weighted by Gasteiger charge is 2.10. The summed E-state index contributed by atoms with van der Waals surface area (Å²) < 4.78 is 4.98. The average Bonchev–Trinajstić information content (AvgIpc) is 3.14.